The zero-order valence-corrected chi connectivity index (χ0v) is 36.3. The normalized spacial score (nSPS) is 14.2. The predicted octanol–water partition coefficient (Wildman–Crippen LogP) is 10.1. The third-order valence-corrected chi connectivity index (χ3v) is 12.9. The molecule has 2 heterocycles. The minimum absolute atomic E-state index is 0.00237. The number of carbonyl (C=O) groups is 6. The Balaban J connectivity index is 0.000000228. The summed E-state index contributed by atoms with van der Waals surface area (Å²) < 4.78 is 45.7. The molecule has 15 nitrogen and oxygen atoms in total. The molecule has 2 fully saturated rings. The highest BCUT2D eigenvalue weighted by atomic mass is 79.9. The quantitative estimate of drug-likeness (QED) is 0.0691. The topological polar surface area (TPSA) is 226 Å². The summed E-state index contributed by atoms with van der Waals surface area (Å²) in [5.74, 6) is -2.42. The highest BCUT2D eigenvalue weighted by molar-refractivity contribution is 9.11. The number of carboxylic acid groups (broad SMARTS) is 2. The lowest BCUT2D eigenvalue weighted by molar-refractivity contribution is -0.138. The fourth-order valence-corrected chi connectivity index (χ4v) is 9.38. The number of benzene rings is 2. The summed E-state index contributed by atoms with van der Waals surface area (Å²) in [4.78, 5) is 80.4. The van der Waals surface area contributed by atoms with Crippen LogP contribution in [0.1, 0.15) is 89.0 Å². The number of halogens is 5. The number of ether oxygens (including phenoxy) is 1. The number of carbonyl (C=O) groups excluding carboxylic acids is 4. The molecule has 6 rings (SSSR count). The van der Waals surface area contributed by atoms with Gasteiger partial charge in [-0.15, -0.1) is 0 Å². The van der Waals surface area contributed by atoms with Crippen molar-refractivity contribution in [3.8, 4) is 5.75 Å². The first-order chi connectivity index (χ1) is 28.4. The maximum absolute atomic E-state index is 13.2. The van der Waals surface area contributed by atoms with E-state index in [-0.39, 0.29) is 57.7 Å². The largest absolute Gasteiger partial charge is 0.497 e. The van der Waals surface area contributed by atoms with Crippen molar-refractivity contribution in [2.24, 2.45) is 11.8 Å². The lowest BCUT2D eigenvalue weighted by atomic mass is 9.93. The van der Waals surface area contributed by atoms with Gasteiger partial charge in [-0.25, -0.2) is 19.6 Å². The van der Waals surface area contributed by atoms with Gasteiger partial charge in [-0.3, -0.25) is 29.8 Å². The Kier molecular flexibility index (Phi) is 15.8. The lowest BCUT2D eigenvalue weighted by Gasteiger charge is -2.16. The molecule has 0 spiro atoms. The monoisotopic (exact) mass is 1000 g/mol. The first-order valence-corrected chi connectivity index (χ1v) is 21.5. The van der Waals surface area contributed by atoms with Crippen molar-refractivity contribution in [2.45, 2.75) is 70.4 Å². The Morgan fingerprint density at radius 1 is 0.700 bits per heavy atom. The van der Waals surface area contributed by atoms with Crippen LogP contribution in [0, 0.1) is 11.8 Å². The molecule has 0 atom stereocenters. The van der Waals surface area contributed by atoms with E-state index in [0.29, 0.717) is 43.1 Å². The summed E-state index contributed by atoms with van der Waals surface area (Å²) in [6.45, 7) is 0. The van der Waals surface area contributed by atoms with Gasteiger partial charge in [-0.2, -0.15) is 13.2 Å². The molecule has 0 bridgehead atoms. The molecular formula is C38H37Br2F3N6O9S2. The summed E-state index contributed by atoms with van der Waals surface area (Å²) in [5.41, 5.74) is 0.160. The van der Waals surface area contributed by atoms with E-state index in [1.807, 2.05) is 0 Å². The van der Waals surface area contributed by atoms with Crippen LogP contribution < -0.4 is 26.0 Å². The molecule has 22 heteroatoms. The number of hydrogen-bond donors (Lipinski definition) is 6. The zero-order chi connectivity index (χ0) is 43.7. The molecule has 60 heavy (non-hydrogen) atoms. The van der Waals surface area contributed by atoms with Gasteiger partial charge in [-0.1, -0.05) is 48.4 Å². The van der Waals surface area contributed by atoms with Gasteiger partial charge in [0.1, 0.15) is 5.75 Å². The van der Waals surface area contributed by atoms with Crippen molar-refractivity contribution in [1.82, 2.24) is 9.97 Å². The number of thiazole rings is 2. The number of methoxy groups -OCH3 is 1. The van der Waals surface area contributed by atoms with E-state index in [4.69, 9.17) is 14.9 Å². The first kappa shape index (κ1) is 46.1. The van der Waals surface area contributed by atoms with Crippen LogP contribution in [0.25, 0.3) is 0 Å². The standard InChI is InChI=1S/C19H17BrF3N3O4S.C19H20BrN3O5S/c20-16-13(8-14(27)28)25-18(31-16)26-17(30)24-12-6-5-10(19(21,22)23)7-11(12)15(29)9-3-1-2-4-9;1-28-11-6-7-13(12(8-11)16(26)10-4-2-3-5-10)21-18(27)23-19-22-14(9-15(24)25)17(20)29-19/h5-7,9H,1-4,8H2,(H,27,28)(H2,24,25,26,30);6-8,10H,2-5,9H2,1H3,(H,24,25)(H2,21,22,23,27). The van der Waals surface area contributed by atoms with Crippen LogP contribution in [0.4, 0.5) is 44.4 Å². The van der Waals surface area contributed by atoms with E-state index in [0.717, 1.165) is 79.4 Å². The molecule has 2 aliphatic carbocycles. The Morgan fingerprint density at radius 2 is 1.12 bits per heavy atom. The van der Waals surface area contributed by atoms with Crippen molar-refractivity contribution >= 4 is 112 Å². The van der Waals surface area contributed by atoms with Crippen molar-refractivity contribution in [3.63, 3.8) is 0 Å². The maximum Gasteiger partial charge on any atom is 0.416 e. The van der Waals surface area contributed by atoms with Gasteiger partial charge in [0.15, 0.2) is 21.8 Å². The SMILES string of the molecule is COc1ccc(NC(=O)Nc2nc(CC(=O)O)c(Br)s2)c(C(=O)C2CCCC2)c1.O=C(O)Cc1nc(NC(=O)Nc2ccc(C(F)(F)F)cc2C(=O)C2CCCC2)sc1Br. The number of amides is 4. The van der Waals surface area contributed by atoms with E-state index in [2.05, 4.69) is 63.1 Å². The predicted molar refractivity (Wildman–Crippen MR) is 225 cm³/mol. The molecule has 0 unspecified atom stereocenters. The van der Waals surface area contributed by atoms with Gasteiger partial charge in [0.2, 0.25) is 0 Å². The average Bonchev–Trinajstić information content (AvgIpc) is 4.01. The minimum atomic E-state index is -4.63. The Bertz CT molecular complexity index is 2280. The van der Waals surface area contributed by atoms with E-state index in [9.17, 15) is 41.9 Å². The lowest BCUT2D eigenvalue weighted by Crippen LogP contribution is -2.23. The number of anilines is 4. The van der Waals surface area contributed by atoms with Gasteiger partial charge < -0.3 is 25.6 Å². The summed E-state index contributed by atoms with van der Waals surface area (Å²) in [6.07, 6.45) is 1.38. The molecule has 2 aliphatic rings. The van der Waals surface area contributed by atoms with Crippen LogP contribution in [0.2, 0.25) is 0 Å². The Labute approximate surface area is 365 Å². The third kappa shape index (κ3) is 12.6. The fraction of sp³-hybridized carbons (Fsp3) is 0.368. The number of urea groups is 2. The molecule has 2 saturated carbocycles. The highest BCUT2D eigenvalue weighted by Crippen LogP contribution is 2.37. The van der Waals surface area contributed by atoms with E-state index in [1.165, 1.54) is 7.11 Å². The second kappa shape index (κ2) is 20.6. The number of ketones is 2. The molecule has 2 aromatic heterocycles. The Morgan fingerprint density at radius 3 is 1.52 bits per heavy atom. The molecule has 2 aromatic carbocycles. The van der Waals surface area contributed by atoms with Crippen molar-refractivity contribution < 1.29 is 56.9 Å². The molecule has 0 radical (unpaired) electrons. The average molecular weight is 1000 g/mol. The van der Waals surface area contributed by atoms with Gasteiger partial charge in [0.25, 0.3) is 0 Å². The molecule has 4 amide bonds. The molecule has 0 saturated heterocycles. The number of alkyl halides is 3. The number of aliphatic carboxylic acids is 2. The summed E-state index contributed by atoms with van der Waals surface area (Å²) in [7, 11) is 1.52. The highest BCUT2D eigenvalue weighted by Gasteiger charge is 2.34. The number of hydrogen-bond acceptors (Lipinski definition) is 11. The second-order valence-corrected chi connectivity index (χ2v) is 18.3. The summed E-state index contributed by atoms with van der Waals surface area (Å²) >= 11 is 8.52. The summed E-state index contributed by atoms with van der Waals surface area (Å²) in [5, 5.41) is 28.2. The maximum atomic E-state index is 13.2. The van der Waals surface area contributed by atoms with E-state index < -0.39 is 41.5 Å². The van der Waals surface area contributed by atoms with Crippen molar-refractivity contribution in [1.29, 1.82) is 0 Å². The Hall–Kier alpha value is -4.93. The minimum Gasteiger partial charge on any atom is -0.497 e. The van der Waals surface area contributed by atoms with Gasteiger partial charge in [0, 0.05) is 23.0 Å². The van der Waals surface area contributed by atoms with Crippen LogP contribution in [0.15, 0.2) is 44.0 Å². The number of nitrogens with one attached hydrogen (secondary N) is 4. The number of carboxylic acids is 2. The van der Waals surface area contributed by atoms with E-state index in [1.54, 1.807) is 18.2 Å². The molecule has 4 aromatic rings. The smallest absolute Gasteiger partial charge is 0.416 e. The molecular weight excluding hydrogens is 965 g/mol. The van der Waals surface area contributed by atoms with Gasteiger partial charge in [0.05, 0.1) is 55.9 Å². The number of aromatic nitrogens is 2. The van der Waals surface area contributed by atoms with Crippen LogP contribution in [-0.2, 0) is 28.6 Å². The molecule has 320 valence electrons. The number of rotatable bonds is 13. The molecule has 6 N–H and O–H groups in total. The third-order valence-electron chi connectivity index (χ3n) is 9.43. The van der Waals surface area contributed by atoms with Gasteiger partial charge in [-0.05, 0) is 93.9 Å². The number of nitrogens with zero attached hydrogens (tertiary/aromatic N) is 2. The molecule has 0 aliphatic heterocycles. The first-order valence-electron chi connectivity index (χ1n) is 18.3. The fourth-order valence-electron chi connectivity index (χ4n) is 6.59. The van der Waals surface area contributed by atoms with Crippen LogP contribution in [-0.4, -0.2) is 62.9 Å². The number of Topliss-reactive ketones (excluding diaryl/α,β-unsaturated/α-hetero) is 2. The van der Waals surface area contributed by atoms with E-state index >= 15 is 0 Å². The van der Waals surface area contributed by atoms with Crippen molar-refractivity contribution in [3.05, 3.63) is 72.0 Å². The van der Waals surface area contributed by atoms with Crippen LogP contribution in [0.3, 0.4) is 0 Å². The van der Waals surface area contributed by atoms with Crippen molar-refractivity contribution in [2.75, 3.05) is 28.4 Å². The van der Waals surface area contributed by atoms with Crippen LogP contribution >= 0.6 is 54.5 Å². The zero-order valence-electron chi connectivity index (χ0n) is 31.5. The van der Waals surface area contributed by atoms with Gasteiger partial charge >= 0.3 is 30.2 Å². The van der Waals surface area contributed by atoms with Crippen LogP contribution in [0.5, 0.6) is 5.75 Å². The summed E-state index contributed by atoms with van der Waals surface area (Å²) in [6, 6.07) is 6.18. The second-order valence-electron chi connectivity index (χ2n) is 13.6.